The highest BCUT2D eigenvalue weighted by Crippen LogP contribution is 2.51. The second-order valence-corrected chi connectivity index (χ2v) is 43.4. The molecule has 12 aliphatic rings. The van der Waals surface area contributed by atoms with Crippen molar-refractivity contribution in [3.05, 3.63) is 163 Å². The van der Waals surface area contributed by atoms with Gasteiger partial charge in [0.25, 0.3) is 47.8 Å². The number of ether oxygens (including phenoxy) is 6. The fourth-order valence-corrected chi connectivity index (χ4v) is 20.8. The highest BCUT2D eigenvalue weighted by atomic mass is 32.2. The van der Waals surface area contributed by atoms with Crippen LogP contribution in [0.25, 0.3) is 17.5 Å². The zero-order chi connectivity index (χ0) is 88.6. The minimum Gasteiger partial charge on any atom is -0.494 e. The fourth-order valence-electron chi connectivity index (χ4n) is 17.9. The van der Waals surface area contributed by atoms with Crippen LogP contribution < -0.4 is 57.3 Å². The second kappa shape index (κ2) is 35.8. The number of sulfonamides is 3. The molecule has 3 atom stereocenters. The topological polar surface area (TPSA) is 347 Å². The summed E-state index contributed by atoms with van der Waals surface area (Å²) >= 11 is 0. The smallest absolute Gasteiger partial charge is 0.268 e. The average molecular weight is 1780 g/mol. The van der Waals surface area contributed by atoms with Crippen LogP contribution in [0, 0.1) is 34.0 Å². The third-order valence-electron chi connectivity index (χ3n) is 26.4. The number of benzene rings is 3. The van der Waals surface area contributed by atoms with Gasteiger partial charge in [0.2, 0.25) is 17.6 Å². The molecule has 3 aromatic carbocycles. The Morgan fingerprint density at radius 3 is 0.873 bits per heavy atom. The quantitative estimate of drug-likeness (QED) is 0.0858. The molecule has 12 bridgehead atoms. The van der Waals surface area contributed by atoms with E-state index in [1.807, 2.05) is 0 Å². The Balaban J connectivity index is 0.000000139. The van der Waals surface area contributed by atoms with Crippen LogP contribution in [0.3, 0.4) is 0 Å². The van der Waals surface area contributed by atoms with Crippen LogP contribution in [-0.4, -0.2) is 163 Å². The lowest BCUT2D eigenvalue weighted by atomic mass is 9.93. The maximum Gasteiger partial charge on any atom is 0.268 e. The lowest BCUT2D eigenvalue weighted by Gasteiger charge is -2.34. The molecule has 9 aliphatic heterocycles. The maximum atomic E-state index is 13.6. The number of nitrogens with zero attached hydrogens (tertiary/aromatic N) is 12. The van der Waals surface area contributed by atoms with Crippen LogP contribution in [0.1, 0.15) is 228 Å². The fraction of sp³-hybridized carbons (Fsp3) is 0.516. The van der Waals surface area contributed by atoms with Crippen LogP contribution in [-0.2, 0) is 30.1 Å². The Kier molecular flexibility index (Phi) is 25.2. The van der Waals surface area contributed by atoms with Crippen LogP contribution in [0.5, 0.6) is 34.9 Å². The zero-order valence-corrected chi connectivity index (χ0v) is 76.0. The van der Waals surface area contributed by atoms with Gasteiger partial charge >= 0.3 is 0 Å². The van der Waals surface area contributed by atoms with Crippen molar-refractivity contribution >= 4 is 65.2 Å². The Morgan fingerprint density at radius 2 is 0.619 bits per heavy atom. The molecular formula is C93H117N15O15S3. The first-order valence-electron chi connectivity index (χ1n) is 44.4. The summed E-state index contributed by atoms with van der Waals surface area (Å²) in [7, 11) is -12.4. The molecule has 3 N–H and O–H groups in total. The molecule has 6 aromatic heterocycles. The van der Waals surface area contributed by atoms with Gasteiger partial charge in [0.15, 0.2) is 17.5 Å². The highest BCUT2D eigenvalue weighted by Gasteiger charge is 2.46. The molecule has 3 amide bonds. The van der Waals surface area contributed by atoms with E-state index >= 15 is 0 Å². The molecule has 0 radical (unpaired) electrons. The lowest BCUT2D eigenvalue weighted by molar-refractivity contribution is 0.0972. The molecule has 15 heterocycles. The summed E-state index contributed by atoms with van der Waals surface area (Å²) in [6, 6.07) is 33.7. The Labute approximate surface area is 738 Å². The molecule has 126 heavy (non-hydrogen) atoms. The minimum absolute atomic E-state index is 0.0139. The molecule has 3 saturated carbocycles. The van der Waals surface area contributed by atoms with Gasteiger partial charge in [-0.2, -0.15) is 0 Å². The van der Waals surface area contributed by atoms with Gasteiger partial charge < -0.3 is 43.1 Å². The monoisotopic (exact) mass is 1780 g/mol. The van der Waals surface area contributed by atoms with Gasteiger partial charge in [-0.3, -0.25) is 14.4 Å². The summed E-state index contributed by atoms with van der Waals surface area (Å²) in [5.41, 5.74) is 0.907. The van der Waals surface area contributed by atoms with Crippen molar-refractivity contribution in [2.75, 3.05) is 74.0 Å². The Bertz CT molecular complexity index is 5250. The highest BCUT2D eigenvalue weighted by molar-refractivity contribution is 7.90. The Morgan fingerprint density at radius 1 is 0.357 bits per heavy atom. The van der Waals surface area contributed by atoms with Gasteiger partial charge in [0.1, 0.15) is 34.7 Å². The Hall–Kier alpha value is -10.8. The molecule has 6 fully saturated rings. The predicted octanol–water partition coefficient (Wildman–Crippen LogP) is 15.4. The van der Waals surface area contributed by atoms with Crippen molar-refractivity contribution in [3.8, 4) is 52.3 Å². The largest absolute Gasteiger partial charge is 0.494 e. The molecule has 3 unspecified atom stereocenters. The number of carbonyl (C=O) groups is 3. The molecule has 3 aliphatic carbocycles. The van der Waals surface area contributed by atoms with Crippen LogP contribution >= 0.6 is 0 Å². The number of aromatic nitrogens is 9. The van der Waals surface area contributed by atoms with E-state index in [2.05, 4.69) is 106 Å². The summed E-state index contributed by atoms with van der Waals surface area (Å²) < 4.78 is 126. The first-order valence-corrected chi connectivity index (χ1v) is 48.8. The van der Waals surface area contributed by atoms with E-state index in [0.717, 1.165) is 96.3 Å². The molecule has 21 rings (SSSR count). The average Bonchev–Trinajstić information content (AvgIpc) is 1.64. The van der Waals surface area contributed by atoms with E-state index in [0.29, 0.717) is 163 Å². The van der Waals surface area contributed by atoms with E-state index in [4.69, 9.17) is 43.4 Å². The van der Waals surface area contributed by atoms with E-state index < -0.39 is 47.8 Å². The number of hydrogen-bond acceptors (Lipinski definition) is 24. The van der Waals surface area contributed by atoms with Crippen molar-refractivity contribution in [2.24, 2.45) is 34.0 Å². The van der Waals surface area contributed by atoms with Gasteiger partial charge in [0.05, 0.1) is 71.0 Å². The number of anilines is 3. The number of pyridine rings is 3. The van der Waals surface area contributed by atoms with Crippen molar-refractivity contribution in [3.63, 3.8) is 0 Å². The van der Waals surface area contributed by atoms with Crippen molar-refractivity contribution < 1.29 is 68.1 Å². The predicted molar refractivity (Wildman–Crippen MR) is 476 cm³/mol. The summed E-state index contributed by atoms with van der Waals surface area (Å²) in [4.78, 5) is 61.9. The summed E-state index contributed by atoms with van der Waals surface area (Å²) in [5, 5.41) is 13.7. The van der Waals surface area contributed by atoms with Crippen LogP contribution in [0.15, 0.2) is 161 Å². The number of nitrogens with one attached hydrogen (secondary N) is 3. The van der Waals surface area contributed by atoms with Gasteiger partial charge in [-0.25, -0.2) is 68.4 Å². The lowest BCUT2D eigenvalue weighted by Crippen LogP contribution is -2.41. The summed E-state index contributed by atoms with van der Waals surface area (Å²) in [6.07, 6.45) is 27.4. The standard InChI is InChI=1S/3C31H39N5O5S/c3*1-30(2)20-22-6-4-5-18-40-23-7-9-24(10-8-23)42(38,39)34-29(37)25-11-12-26(32-28(25)35(30)21-22)36-17-13-27(33-36)41-19-16-31(3)14-15-31/h3*7-13,17,22H,4-6,14-16,18-21H2,1-3H3,(H,34,37). The first kappa shape index (κ1) is 88.6. The minimum atomic E-state index is -4.12. The third kappa shape index (κ3) is 21.2. The molecule has 30 nitrogen and oxygen atoms in total. The molecule has 0 spiro atoms. The number of carbonyl (C=O) groups excluding carboxylic acids is 3. The number of amides is 3. The van der Waals surface area contributed by atoms with Gasteiger partial charge in [0, 0.05) is 73.0 Å². The van der Waals surface area contributed by atoms with Crippen molar-refractivity contribution in [1.82, 2.24) is 58.5 Å². The van der Waals surface area contributed by atoms with Gasteiger partial charge in [-0.15, -0.1) is 15.3 Å². The number of fused-ring (bicyclic) bond motifs is 24. The van der Waals surface area contributed by atoms with Gasteiger partial charge in [-0.05, 0) is 320 Å². The van der Waals surface area contributed by atoms with Crippen LogP contribution in [0.2, 0.25) is 0 Å². The van der Waals surface area contributed by atoms with E-state index in [1.165, 1.54) is 74.9 Å². The molecule has 3 saturated heterocycles. The summed E-state index contributed by atoms with van der Waals surface area (Å²) in [6.45, 7) is 25.3. The van der Waals surface area contributed by atoms with E-state index in [-0.39, 0.29) is 48.0 Å². The van der Waals surface area contributed by atoms with Crippen molar-refractivity contribution in [1.29, 1.82) is 0 Å². The van der Waals surface area contributed by atoms with E-state index in [9.17, 15) is 39.6 Å². The second-order valence-electron chi connectivity index (χ2n) is 38.4. The molecule has 9 aromatic rings. The van der Waals surface area contributed by atoms with E-state index in [1.54, 1.807) is 124 Å². The molecule has 672 valence electrons. The third-order valence-corrected chi connectivity index (χ3v) is 30.5. The molecular weight excluding hydrogens is 1660 g/mol. The normalized spacial score (nSPS) is 22.5. The molecule has 33 heteroatoms. The van der Waals surface area contributed by atoms with Crippen LogP contribution in [0.4, 0.5) is 17.5 Å². The maximum absolute atomic E-state index is 13.6. The number of rotatable bonds is 15. The summed E-state index contributed by atoms with van der Waals surface area (Å²) in [5.74, 6) is 5.25. The number of hydrogen-bond donors (Lipinski definition) is 3. The zero-order valence-electron chi connectivity index (χ0n) is 73.5. The van der Waals surface area contributed by atoms with Gasteiger partial charge in [-0.1, -0.05) is 20.8 Å². The van der Waals surface area contributed by atoms with Crippen molar-refractivity contribution in [2.45, 2.75) is 228 Å². The first-order chi connectivity index (χ1) is 60.0. The SMILES string of the molecule is CC1(CCOc2ccn(-c3ccc4c(n3)N3CC(CCCCOc5ccc(cc5)S(=O)(=O)NC4=O)CC3(C)C)n2)CC1.CC1(CCOc2ccn(-c3ccc4c(n3)N3CC(CCCCOc5ccc(cc5)S(=O)(=O)NC4=O)CC3(C)C)n2)CC1.CC1(CCOc2ccn(-c3ccc4c(n3)N3CC(CCCCOc5ccc(cc5)S(=O)(=O)NC4=O)CC3(C)C)n2)CC1.